The number of amides is 2. The van der Waals surface area contributed by atoms with E-state index in [1.165, 1.54) is 66.4 Å². The molecule has 0 spiro atoms. The minimum atomic E-state index is -4.37. The molecule has 3 aromatic carbocycles. The summed E-state index contributed by atoms with van der Waals surface area (Å²) in [4.78, 5) is 27.8. The molecule has 10 heteroatoms. The molecule has 0 saturated heterocycles. The summed E-state index contributed by atoms with van der Waals surface area (Å²) in [5.41, 5.74) is 1.07. The predicted octanol–water partition coefficient (Wildman–Crippen LogP) is 4.80. The molecule has 0 unspecified atom stereocenters. The van der Waals surface area contributed by atoms with Crippen LogP contribution in [-0.4, -0.2) is 44.3 Å². The topological polar surface area (TPSA) is 86.8 Å². The molecule has 2 amide bonds. The molecule has 1 atom stereocenters. The van der Waals surface area contributed by atoms with Crippen molar-refractivity contribution in [3.63, 3.8) is 0 Å². The van der Waals surface area contributed by atoms with Crippen molar-refractivity contribution in [2.75, 3.05) is 17.4 Å². The molecule has 0 aliphatic rings. The maximum Gasteiger partial charge on any atom is 0.264 e. The summed E-state index contributed by atoms with van der Waals surface area (Å²) in [6.45, 7) is 4.88. The van der Waals surface area contributed by atoms with Crippen molar-refractivity contribution in [3.05, 3.63) is 95.6 Å². The minimum Gasteiger partial charge on any atom is -0.354 e. The van der Waals surface area contributed by atoms with Crippen LogP contribution in [-0.2, 0) is 26.2 Å². The lowest BCUT2D eigenvalue weighted by Crippen LogP contribution is -2.51. The fourth-order valence-electron chi connectivity index (χ4n) is 3.91. The molecule has 0 aliphatic heterocycles. The van der Waals surface area contributed by atoms with Crippen molar-refractivity contribution in [1.82, 2.24) is 10.2 Å². The molecule has 0 saturated carbocycles. The fourth-order valence-corrected chi connectivity index (χ4v) is 5.33. The van der Waals surface area contributed by atoms with Gasteiger partial charge in [0, 0.05) is 13.1 Å². The van der Waals surface area contributed by atoms with Gasteiger partial charge in [-0.3, -0.25) is 13.9 Å². The third-order valence-electron chi connectivity index (χ3n) is 6.27. The van der Waals surface area contributed by atoms with Gasteiger partial charge in [-0.25, -0.2) is 17.2 Å². The van der Waals surface area contributed by atoms with Gasteiger partial charge in [0.1, 0.15) is 24.2 Å². The van der Waals surface area contributed by atoms with Crippen LogP contribution in [0.2, 0.25) is 0 Å². The molecule has 0 heterocycles. The van der Waals surface area contributed by atoms with Crippen LogP contribution >= 0.6 is 0 Å². The molecule has 3 rings (SSSR count). The molecule has 3 aromatic rings. The molecule has 208 valence electrons. The number of halogens is 2. The van der Waals surface area contributed by atoms with Gasteiger partial charge in [-0.05, 0) is 62.2 Å². The number of hydrogen-bond donors (Lipinski definition) is 1. The van der Waals surface area contributed by atoms with Gasteiger partial charge in [-0.15, -0.1) is 0 Å². The molecule has 0 bridgehead atoms. The molecular weight excluding hydrogens is 524 g/mol. The van der Waals surface area contributed by atoms with E-state index < -0.39 is 46.1 Å². The van der Waals surface area contributed by atoms with Gasteiger partial charge in [-0.2, -0.15) is 0 Å². The van der Waals surface area contributed by atoms with Gasteiger partial charge in [0.05, 0.1) is 10.6 Å². The summed E-state index contributed by atoms with van der Waals surface area (Å²) < 4.78 is 56.5. The summed E-state index contributed by atoms with van der Waals surface area (Å²) in [6.07, 6.45) is 1.61. The monoisotopic (exact) mass is 557 g/mol. The normalized spacial score (nSPS) is 12.0. The second kappa shape index (κ2) is 13.3. The highest BCUT2D eigenvalue weighted by molar-refractivity contribution is 7.92. The third-order valence-corrected chi connectivity index (χ3v) is 8.05. The molecule has 39 heavy (non-hydrogen) atoms. The number of para-hydroxylation sites is 1. The van der Waals surface area contributed by atoms with Gasteiger partial charge in [-0.1, -0.05) is 55.3 Å². The van der Waals surface area contributed by atoms with Crippen LogP contribution < -0.4 is 9.62 Å². The molecule has 0 fully saturated rings. The second-order valence-electron chi connectivity index (χ2n) is 9.24. The van der Waals surface area contributed by atoms with E-state index in [1.54, 1.807) is 19.1 Å². The first kappa shape index (κ1) is 29.8. The zero-order valence-corrected chi connectivity index (χ0v) is 23.0. The molecule has 0 aromatic heterocycles. The van der Waals surface area contributed by atoms with Gasteiger partial charge in [0.25, 0.3) is 10.0 Å². The predicted molar refractivity (Wildman–Crippen MR) is 146 cm³/mol. The van der Waals surface area contributed by atoms with Gasteiger partial charge in [0.15, 0.2) is 0 Å². The van der Waals surface area contributed by atoms with E-state index in [-0.39, 0.29) is 17.1 Å². The van der Waals surface area contributed by atoms with E-state index in [9.17, 15) is 26.8 Å². The third kappa shape index (κ3) is 7.63. The Morgan fingerprint density at radius 2 is 1.59 bits per heavy atom. The number of benzene rings is 3. The first-order chi connectivity index (χ1) is 18.5. The largest absolute Gasteiger partial charge is 0.354 e. The second-order valence-corrected chi connectivity index (χ2v) is 11.1. The number of carbonyl (C=O) groups excluding carboxylic acids is 2. The molecular formula is C29H33F2N3O4S. The highest BCUT2D eigenvalue weighted by Crippen LogP contribution is 2.27. The average molecular weight is 558 g/mol. The number of anilines is 1. The van der Waals surface area contributed by atoms with Crippen LogP contribution in [0.1, 0.15) is 37.8 Å². The Morgan fingerprint density at radius 3 is 2.21 bits per heavy atom. The Hall–Kier alpha value is -3.79. The van der Waals surface area contributed by atoms with Crippen LogP contribution in [0.3, 0.4) is 0 Å². The van der Waals surface area contributed by atoms with Crippen molar-refractivity contribution >= 4 is 27.5 Å². The maximum atomic E-state index is 14.9. The van der Waals surface area contributed by atoms with E-state index in [4.69, 9.17) is 0 Å². The Bertz CT molecular complexity index is 1380. The standard InChI is InChI=1S/C29H33F2N3O4S/c1-4-5-18-32-29(36)22(3)33(19-23-12-14-24(30)15-13-23)28(35)20-34(27-9-7-6-8-26(27)31)39(37,38)25-16-10-21(2)11-17-25/h6-17,22H,4-5,18-20H2,1-3H3,(H,32,36)/t22-/m0/s1. The van der Waals surface area contributed by atoms with Crippen molar-refractivity contribution in [2.24, 2.45) is 0 Å². The fraction of sp³-hybridized carbons (Fsp3) is 0.310. The number of sulfonamides is 1. The van der Waals surface area contributed by atoms with Crippen molar-refractivity contribution in [3.8, 4) is 0 Å². The van der Waals surface area contributed by atoms with Crippen LogP contribution in [0, 0.1) is 18.6 Å². The smallest absolute Gasteiger partial charge is 0.264 e. The molecule has 0 radical (unpaired) electrons. The SMILES string of the molecule is CCCCNC(=O)[C@H](C)N(Cc1ccc(F)cc1)C(=O)CN(c1ccccc1F)S(=O)(=O)c1ccc(C)cc1. The van der Waals surface area contributed by atoms with Gasteiger partial charge < -0.3 is 10.2 Å². The maximum absolute atomic E-state index is 14.9. The van der Waals surface area contributed by atoms with Gasteiger partial charge in [0.2, 0.25) is 11.8 Å². The highest BCUT2D eigenvalue weighted by atomic mass is 32.2. The molecule has 1 N–H and O–H groups in total. The Morgan fingerprint density at radius 1 is 0.949 bits per heavy atom. The van der Waals surface area contributed by atoms with Crippen LogP contribution in [0.4, 0.5) is 14.5 Å². The number of aryl methyl sites for hydroxylation is 1. The number of nitrogens with zero attached hydrogens (tertiary/aromatic N) is 2. The van der Waals surface area contributed by atoms with Crippen LogP contribution in [0.15, 0.2) is 77.7 Å². The van der Waals surface area contributed by atoms with E-state index in [0.29, 0.717) is 16.4 Å². The summed E-state index contributed by atoms with van der Waals surface area (Å²) in [5, 5.41) is 2.78. The number of rotatable bonds is 12. The quantitative estimate of drug-likeness (QED) is 0.324. The number of nitrogens with one attached hydrogen (secondary N) is 1. The lowest BCUT2D eigenvalue weighted by molar-refractivity contribution is -0.139. The van der Waals surface area contributed by atoms with E-state index in [0.717, 1.165) is 24.5 Å². The lowest BCUT2D eigenvalue weighted by atomic mass is 10.1. The first-order valence-electron chi connectivity index (χ1n) is 12.7. The zero-order valence-electron chi connectivity index (χ0n) is 22.2. The molecule has 0 aliphatic carbocycles. The average Bonchev–Trinajstić information content (AvgIpc) is 2.91. The first-order valence-corrected chi connectivity index (χ1v) is 14.1. The highest BCUT2D eigenvalue weighted by Gasteiger charge is 2.33. The minimum absolute atomic E-state index is 0.0861. The zero-order chi connectivity index (χ0) is 28.6. The van der Waals surface area contributed by atoms with Crippen LogP contribution in [0.25, 0.3) is 0 Å². The summed E-state index contributed by atoms with van der Waals surface area (Å²) >= 11 is 0. The summed E-state index contributed by atoms with van der Waals surface area (Å²) in [6, 6.07) is 15.7. The van der Waals surface area contributed by atoms with Crippen molar-refractivity contribution in [2.45, 2.75) is 51.1 Å². The van der Waals surface area contributed by atoms with E-state index >= 15 is 0 Å². The number of unbranched alkanes of at least 4 members (excludes halogenated alkanes) is 1. The Labute approximate surface area is 228 Å². The number of carbonyl (C=O) groups is 2. The van der Waals surface area contributed by atoms with Crippen molar-refractivity contribution < 1.29 is 26.8 Å². The summed E-state index contributed by atoms with van der Waals surface area (Å²) in [7, 11) is -4.37. The van der Waals surface area contributed by atoms with Gasteiger partial charge >= 0.3 is 0 Å². The summed E-state index contributed by atoms with van der Waals surface area (Å²) in [5.74, 6) is -2.43. The number of hydrogen-bond acceptors (Lipinski definition) is 4. The van der Waals surface area contributed by atoms with E-state index in [1.807, 2.05) is 6.92 Å². The Kier molecular flexibility index (Phi) is 10.2. The molecule has 7 nitrogen and oxygen atoms in total. The van der Waals surface area contributed by atoms with Crippen LogP contribution in [0.5, 0.6) is 0 Å². The van der Waals surface area contributed by atoms with Crippen molar-refractivity contribution in [1.29, 1.82) is 0 Å². The lowest BCUT2D eigenvalue weighted by Gasteiger charge is -2.32. The Balaban J connectivity index is 2.00. The van der Waals surface area contributed by atoms with E-state index in [2.05, 4.69) is 5.32 Å².